The Morgan fingerprint density at radius 3 is 2.50 bits per heavy atom. The van der Waals surface area contributed by atoms with Gasteiger partial charge >= 0.3 is 0 Å². The van der Waals surface area contributed by atoms with Gasteiger partial charge in [-0.2, -0.15) is 0 Å². The summed E-state index contributed by atoms with van der Waals surface area (Å²) < 4.78 is 0. The molecule has 0 spiro atoms. The Kier molecular flexibility index (Phi) is 3.20. The standard InChI is InChI=1S/C12H24/c1-5-7-8-10(3)11-9-12(11,4)6-2/h10-11H,5-9H2,1-4H3. The molecule has 1 fully saturated rings. The number of unbranched alkanes of at least 4 members (excludes halogenated alkanes) is 1. The molecule has 3 atom stereocenters. The molecule has 1 aliphatic carbocycles. The average molecular weight is 168 g/mol. The van der Waals surface area contributed by atoms with E-state index in [2.05, 4.69) is 27.7 Å². The summed E-state index contributed by atoms with van der Waals surface area (Å²) in [7, 11) is 0. The second kappa shape index (κ2) is 3.81. The summed E-state index contributed by atoms with van der Waals surface area (Å²) in [6, 6.07) is 0. The van der Waals surface area contributed by atoms with Gasteiger partial charge in [0.15, 0.2) is 0 Å². The van der Waals surface area contributed by atoms with Crippen molar-refractivity contribution in [3.8, 4) is 0 Å². The minimum atomic E-state index is 0.729. The lowest BCUT2D eigenvalue weighted by atomic mass is 9.92. The molecule has 12 heavy (non-hydrogen) atoms. The van der Waals surface area contributed by atoms with Crippen LogP contribution in [0.15, 0.2) is 0 Å². The Labute approximate surface area is 77.7 Å². The predicted molar refractivity (Wildman–Crippen MR) is 55.2 cm³/mol. The van der Waals surface area contributed by atoms with Crippen LogP contribution in [-0.2, 0) is 0 Å². The fourth-order valence-electron chi connectivity index (χ4n) is 2.47. The van der Waals surface area contributed by atoms with Crippen LogP contribution in [-0.4, -0.2) is 0 Å². The summed E-state index contributed by atoms with van der Waals surface area (Å²) >= 11 is 0. The topological polar surface area (TPSA) is 0 Å². The molecule has 1 rings (SSSR count). The molecule has 0 heterocycles. The minimum absolute atomic E-state index is 0.729. The molecule has 0 nitrogen and oxygen atoms in total. The van der Waals surface area contributed by atoms with Gasteiger partial charge in [0.2, 0.25) is 0 Å². The van der Waals surface area contributed by atoms with Crippen molar-refractivity contribution in [3.05, 3.63) is 0 Å². The molecule has 0 bridgehead atoms. The van der Waals surface area contributed by atoms with Crippen molar-refractivity contribution >= 4 is 0 Å². The molecular weight excluding hydrogens is 144 g/mol. The van der Waals surface area contributed by atoms with Gasteiger partial charge < -0.3 is 0 Å². The number of hydrogen-bond acceptors (Lipinski definition) is 0. The average Bonchev–Trinajstić information content (AvgIpc) is 2.75. The predicted octanol–water partition coefficient (Wildman–Crippen LogP) is 4.25. The summed E-state index contributed by atoms with van der Waals surface area (Å²) in [4.78, 5) is 0. The van der Waals surface area contributed by atoms with Crippen LogP contribution in [0.2, 0.25) is 0 Å². The van der Waals surface area contributed by atoms with Crippen molar-refractivity contribution in [2.75, 3.05) is 0 Å². The lowest BCUT2D eigenvalue weighted by molar-refractivity contribution is 0.365. The van der Waals surface area contributed by atoms with Gasteiger partial charge in [0.1, 0.15) is 0 Å². The molecule has 1 saturated carbocycles. The molecular formula is C12H24. The highest BCUT2D eigenvalue weighted by atomic mass is 14.5. The molecule has 72 valence electrons. The molecule has 0 radical (unpaired) electrons. The van der Waals surface area contributed by atoms with E-state index >= 15 is 0 Å². The van der Waals surface area contributed by atoms with E-state index in [0.717, 1.165) is 17.3 Å². The molecule has 0 N–H and O–H groups in total. The van der Waals surface area contributed by atoms with Crippen molar-refractivity contribution in [2.45, 2.75) is 59.8 Å². The first-order chi connectivity index (χ1) is 5.64. The van der Waals surface area contributed by atoms with E-state index in [4.69, 9.17) is 0 Å². The van der Waals surface area contributed by atoms with E-state index in [0.29, 0.717) is 0 Å². The summed E-state index contributed by atoms with van der Waals surface area (Å²) in [6.07, 6.45) is 7.12. The summed E-state index contributed by atoms with van der Waals surface area (Å²) in [6.45, 7) is 9.53. The van der Waals surface area contributed by atoms with Gasteiger partial charge in [-0.1, -0.05) is 53.4 Å². The van der Waals surface area contributed by atoms with E-state index in [9.17, 15) is 0 Å². The molecule has 0 saturated heterocycles. The third-order valence-corrected chi connectivity index (χ3v) is 3.93. The van der Waals surface area contributed by atoms with Crippen LogP contribution in [0, 0.1) is 17.3 Å². The van der Waals surface area contributed by atoms with Crippen LogP contribution < -0.4 is 0 Å². The molecule has 1 aliphatic rings. The molecule has 0 aromatic heterocycles. The van der Waals surface area contributed by atoms with Gasteiger partial charge in [0.05, 0.1) is 0 Å². The van der Waals surface area contributed by atoms with Crippen LogP contribution in [0.1, 0.15) is 59.8 Å². The van der Waals surface area contributed by atoms with Gasteiger partial charge in [-0.15, -0.1) is 0 Å². The Bertz CT molecular complexity index is 139. The summed E-state index contributed by atoms with van der Waals surface area (Å²) in [5, 5.41) is 0. The van der Waals surface area contributed by atoms with Crippen LogP contribution in [0.5, 0.6) is 0 Å². The molecule has 3 unspecified atom stereocenters. The fourth-order valence-corrected chi connectivity index (χ4v) is 2.47. The molecule has 0 aromatic rings. The number of rotatable bonds is 5. The van der Waals surface area contributed by atoms with E-state index in [1.165, 1.54) is 32.1 Å². The first-order valence-electron chi connectivity index (χ1n) is 5.64. The maximum atomic E-state index is 2.46. The number of hydrogen-bond donors (Lipinski definition) is 0. The second-order valence-electron chi connectivity index (χ2n) is 4.94. The monoisotopic (exact) mass is 168 g/mol. The smallest absolute Gasteiger partial charge is 0.0294 e. The minimum Gasteiger partial charge on any atom is -0.0654 e. The highest BCUT2D eigenvalue weighted by Gasteiger charge is 2.50. The van der Waals surface area contributed by atoms with Crippen LogP contribution >= 0.6 is 0 Å². The molecule has 0 amide bonds. The Hall–Kier alpha value is 0. The van der Waals surface area contributed by atoms with E-state index in [-0.39, 0.29) is 0 Å². The first-order valence-corrected chi connectivity index (χ1v) is 5.64. The zero-order valence-corrected chi connectivity index (χ0v) is 9.19. The fraction of sp³-hybridized carbons (Fsp3) is 1.00. The summed E-state index contributed by atoms with van der Waals surface area (Å²) in [5.74, 6) is 2.03. The lowest BCUT2D eigenvalue weighted by Gasteiger charge is -2.14. The third kappa shape index (κ3) is 2.02. The van der Waals surface area contributed by atoms with Crippen LogP contribution in [0.3, 0.4) is 0 Å². The van der Waals surface area contributed by atoms with Gasteiger partial charge in [0.25, 0.3) is 0 Å². The zero-order chi connectivity index (χ0) is 9.19. The van der Waals surface area contributed by atoms with E-state index in [1.807, 2.05) is 0 Å². The maximum Gasteiger partial charge on any atom is -0.0294 e. The quantitative estimate of drug-likeness (QED) is 0.575. The second-order valence-corrected chi connectivity index (χ2v) is 4.94. The third-order valence-electron chi connectivity index (χ3n) is 3.93. The van der Waals surface area contributed by atoms with Crippen molar-refractivity contribution < 1.29 is 0 Å². The van der Waals surface area contributed by atoms with Gasteiger partial charge in [-0.3, -0.25) is 0 Å². The Morgan fingerprint density at radius 2 is 2.08 bits per heavy atom. The molecule has 0 aromatic carbocycles. The maximum absolute atomic E-state index is 2.46. The Morgan fingerprint density at radius 1 is 1.42 bits per heavy atom. The Balaban J connectivity index is 2.23. The van der Waals surface area contributed by atoms with Gasteiger partial charge in [0, 0.05) is 0 Å². The highest BCUT2D eigenvalue weighted by molar-refractivity contribution is 4.99. The first kappa shape index (κ1) is 10.1. The van der Waals surface area contributed by atoms with E-state index < -0.39 is 0 Å². The van der Waals surface area contributed by atoms with Crippen LogP contribution in [0.4, 0.5) is 0 Å². The van der Waals surface area contributed by atoms with Crippen LogP contribution in [0.25, 0.3) is 0 Å². The summed E-state index contributed by atoms with van der Waals surface area (Å²) in [5.41, 5.74) is 0.729. The highest BCUT2D eigenvalue weighted by Crippen LogP contribution is 2.59. The van der Waals surface area contributed by atoms with Crippen molar-refractivity contribution in [1.29, 1.82) is 0 Å². The zero-order valence-electron chi connectivity index (χ0n) is 9.19. The van der Waals surface area contributed by atoms with E-state index in [1.54, 1.807) is 0 Å². The van der Waals surface area contributed by atoms with Crippen molar-refractivity contribution in [2.24, 2.45) is 17.3 Å². The normalized spacial score (nSPS) is 36.5. The van der Waals surface area contributed by atoms with Gasteiger partial charge in [-0.25, -0.2) is 0 Å². The van der Waals surface area contributed by atoms with Crippen molar-refractivity contribution in [3.63, 3.8) is 0 Å². The lowest BCUT2D eigenvalue weighted by Crippen LogP contribution is -2.04. The molecule has 0 heteroatoms. The SMILES string of the molecule is CCCCC(C)C1CC1(C)CC. The molecule has 0 aliphatic heterocycles. The van der Waals surface area contributed by atoms with Crippen molar-refractivity contribution in [1.82, 2.24) is 0 Å². The largest absolute Gasteiger partial charge is 0.0654 e. The van der Waals surface area contributed by atoms with Gasteiger partial charge in [-0.05, 0) is 23.7 Å².